The number of nitrogens with zero attached hydrogens (tertiary/aromatic N) is 2. The van der Waals surface area contributed by atoms with Gasteiger partial charge in [0, 0.05) is 44.7 Å². The van der Waals surface area contributed by atoms with Crippen LogP contribution in [0.2, 0.25) is 0 Å². The molecule has 2 saturated heterocycles. The summed E-state index contributed by atoms with van der Waals surface area (Å²) in [4.78, 5) is 4.94. The van der Waals surface area contributed by atoms with E-state index < -0.39 is 0 Å². The van der Waals surface area contributed by atoms with E-state index in [2.05, 4.69) is 15.9 Å². The van der Waals surface area contributed by atoms with E-state index in [1.165, 1.54) is 12.1 Å². The number of piperazine rings is 1. The zero-order valence-corrected chi connectivity index (χ0v) is 14.0. The lowest BCUT2D eigenvalue weighted by Gasteiger charge is -2.36. The molecule has 0 N–H and O–H groups in total. The third-order valence-electron chi connectivity index (χ3n) is 4.94. The number of ether oxygens (including phenoxy) is 1. The number of rotatable bonds is 4. The SMILES string of the molecule is Cc1ccc(CN2CCN3CC(Oc4cccc(F)c4)CC3C2)o1. The van der Waals surface area contributed by atoms with Crippen LogP contribution in [0.15, 0.2) is 40.8 Å². The average molecular weight is 330 g/mol. The third kappa shape index (κ3) is 3.47. The summed E-state index contributed by atoms with van der Waals surface area (Å²) >= 11 is 0. The number of fused-ring (bicyclic) bond motifs is 1. The van der Waals surface area contributed by atoms with Crippen molar-refractivity contribution in [3.63, 3.8) is 0 Å². The van der Waals surface area contributed by atoms with Crippen molar-refractivity contribution in [1.82, 2.24) is 9.80 Å². The predicted molar refractivity (Wildman–Crippen MR) is 89.5 cm³/mol. The molecule has 0 amide bonds. The van der Waals surface area contributed by atoms with Crippen LogP contribution in [0.4, 0.5) is 4.39 Å². The molecule has 2 unspecified atom stereocenters. The molecule has 128 valence electrons. The van der Waals surface area contributed by atoms with Crippen LogP contribution >= 0.6 is 0 Å². The van der Waals surface area contributed by atoms with Crippen molar-refractivity contribution in [3.05, 3.63) is 53.7 Å². The second-order valence-corrected chi connectivity index (χ2v) is 6.83. The highest BCUT2D eigenvalue weighted by atomic mass is 19.1. The van der Waals surface area contributed by atoms with Gasteiger partial charge in [-0.2, -0.15) is 0 Å². The van der Waals surface area contributed by atoms with Crippen molar-refractivity contribution in [3.8, 4) is 5.75 Å². The first-order valence-electron chi connectivity index (χ1n) is 8.59. The molecule has 2 atom stereocenters. The molecule has 1 aromatic heterocycles. The average Bonchev–Trinajstić information content (AvgIpc) is 3.12. The van der Waals surface area contributed by atoms with Gasteiger partial charge in [-0.15, -0.1) is 0 Å². The number of hydrogen-bond donors (Lipinski definition) is 0. The molecule has 0 spiro atoms. The van der Waals surface area contributed by atoms with Gasteiger partial charge in [-0.3, -0.25) is 9.80 Å². The fourth-order valence-electron chi connectivity index (χ4n) is 3.81. The Morgan fingerprint density at radius 3 is 2.92 bits per heavy atom. The minimum absolute atomic E-state index is 0.141. The normalized spacial score (nSPS) is 24.9. The van der Waals surface area contributed by atoms with Crippen molar-refractivity contribution < 1.29 is 13.5 Å². The molecule has 0 saturated carbocycles. The predicted octanol–water partition coefficient (Wildman–Crippen LogP) is 3.06. The van der Waals surface area contributed by atoms with Gasteiger partial charge in [0.2, 0.25) is 0 Å². The van der Waals surface area contributed by atoms with Gasteiger partial charge in [-0.05, 0) is 31.2 Å². The van der Waals surface area contributed by atoms with Gasteiger partial charge in [0.1, 0.15) is 29.2 Å². The van der Waals surface area contributed by atoms with Gasteiger partial charge >= 0.3 is 0 Å². The largest absolute Gasteiger partial charge is 0.489 e. The second kappa shape index (κ2) is 6.57. The zero-order chi connectivity index (χ0) is 16.5. The van der Waals surface area contributed by atoms with Crippen LogP contribution < -0.4 is 4.74 Å². The van der Waals surface area contributed by atoms with Crippen molar-refractivity contribution in [1.29, 1.82) is 0 Å². The van der Waals surface area contributed by atoms with E-state index in [-0.39, 0.29) is 11.9 Å². The minimum atomic E-state index is -0.247. The Kier molecular flexibility index (Phi) is 4.29. The number of aryl methyl sites for hydroxylation is 1. The van der Waals surface area contributed by atoms with Crippen molar-refractivity contribution in [2.24, 2.45) is 0 Å². The molecule has 0 aliphatic carbocycles. The van der Waals surface area contributed by atoms with Crippen molar-refractivity contribution >= 4 is 0 Å². The maximum Gasteiger partial charge on any atom is 0.126 e. The molecule has 4 nitrogen and oxygen atoms in total. The number of furan rings is 1. The van der Waals surface area contributed by atoms with Gasteiger partial charge < -0.3 is 9.15 Å². The Bertz CT molecular complexity index is 702. The van der Waals surface area contributed by atoms with Gasteiger partial charge in [-0.25, -0.2) is 4.39 Å². The molecule has 2 aromatic rings. The Morgan fingerprint density at radius 2 is 2.12 bits per heavy atom. The molecule has 2 fully saturated rings. The van der Waals surface area contributed by atoms with Gasteiger partial charge in [-0.1, -0.05) is 6.07 Å². The second-order valence-electron chi connectivity index (χ2n) is 6.83. The van der Waals surface area contributed by atoms with Crippen LogP contribution in [0, 0.1) is 12.7 Å². The smallest absolute Gasteiger partial charge is 0.126 e. The molecule has 1 aromatic carbocycles. The monoisotopic (exact) mass is 330 g/mol. The van der Waals surface area contributed by atoms with Gasteiger partial charge in [0.15, 0.2) is 0 Å². The van der Waals surface area contributed by atoms with Crippen molar-refractivity contribution in [2.75, 3.05) is 26.2 Å². The maximum absolute atomic E-state index is 13.3. The highest BCUT2D eigenvalue weighted by Crippen LogP contribution is 2.27. The topological polar surface area (TPSA) is 28.9 Å². The standard InChI is InChI=1S/C19H23FN2O2/c1-14-5-6-18(23-14)12-21-7-8-22-13-19(10-16(22)11-21)24-17-4-2-3-15(20)9-17/h2-6,9,16,19H,7-8,10-13H2,1H3. The van der Waals surface area contributed by atoms with E-state index >= 15 is 0 Å². The fraction of sp³-hybridized carbons (Fsp3) is 0.474. The summed E-state index contributed by atoms with van der Waals surface area (Å²) in [6.07, 6.45) is 1.13. The highest BCUT2D eigenvalue weighted by Gasteiger charge is 2.37. The molecule has 5 heteroatoms. The van der Waals surface area contributed by atoms with Crippen LogP contribution in [-0.4, -0.2) is 48.1 Å². The number of benzene rings is 1. The van der Waals surface area contributed by atoms with Crippen LogP contribution in [0.1, 0.15) is 17.9 Å². The summed E-state index contributed by atoms with van der Waals surface area (Å²) in [7, 11) is 0. The van der Waals surface area contributed by atoms with E-state index in [0.29, 0.717) is 11.8 Å². The molecular formula is C19H23FN2O2. The lowest BCUT2D eigenvalue weighted by atomic mass is 10.1. The fourth-order valence-corrected chi connectivity index (χ4v) is 3.81. The molecule has 2 aliphatic rings. The van der Waals surface area contributed by atoms with Crippen LogP contribution in [-0.2, 0) is 6.54 Å². The first kappa shape index (κ1) is 15.7. The Hall–Kier alpha value is -1.85. The Morgan fingerprint density at radius 1 is 1.21 bits per heavy atom. The molecule has 24 heavy (non-hydrogen) atoms. The molecule has 4 rings (SSSR count). The highest BCUT2D eigenvalue weighted by molar-refractivity contribution is 5.23. The summed E-state index contributed by atoms with van der Waals surface area (Å²) in [6, 6.07) is 11.0. The lowest BCUT2D eigenvalue weighted by Crippen LogP contribution is -2.49. The molecule has 0 bridgehead atoms. The first-order chi connectivity index (χ1) is 11.7. The maximum atomic E-state index is 13.3. The first-order valence-corrected chi connectivity index (χ1v) is 8.59. The van der Waals surface area contributed by atoms with E-state index in [0.717, 1.165) is 50.7 Å². The number of halogens is 1. The van der Waals surface area contributed by atoms with Gasteiger partial charge in [0.05, 0.1) is 6.54 Å². The molecular weight excluding hydrogens is 307 g/mol. The quantitative estimate of drug-likeness (QED) is 0.861. The molecule has 0 radical (unpaired) electrons. The van der Waals surface area contributed by atoms with Gasteiger partial charge in [0.25, 0.3) is 0 Å². The van der Waals surface area contributed by atoms with E-state index in [1.807, 2.05) is 19.1 Å². The van der Waals surface area contributed by atoms with E-state index in [4.69, 9.17) is 9.15 Å². The summed E-state index contributed by atoms with van der Waals surface area (Å²) in [5, 5.41) is 0. The Labute approximate surface area is 141 Å². The molecule has 3 heterocycles. The lowest BCUT2D eigenvalue weighted by molar-refractivity contribution is 0.0925. The van der Waals surface area contributed by atoms with Crippen LogP contribution in [0.3, 0.4) is 0 Å². The van der Waals surface area contributed by atoms with Crippen LogP contribution in [0.5, 0.6) is 5.75 Å². The minimum Gasteiger partial charge on any atom is -0.489 e. The van der Waals surface area contributed by atoms with E-state index in [1.54, 1.807) is 6.07 Å². The number of hydrogen-bond acceptors (Lipinski definition) is 4. The molecule has 2 aliphatic heterocycles. The summed E-state index contributed by atoms with van der Waals surface area (Å²) in [6.45, 7) is 6.90. The Balaban J connectivity index is 1.33. The van der Waals surface area contributed by atoms with Crippen LogP contribution in [0.25, 0.3) is 0 Å². The summed E-state index contributed by atoms with van der Waals surface area (Å²) in [5.41, 5.74) is 0. The summed E-state index contributed by atoms with van der Waals surface area (Å²) in [5.74, 6) is 2.38. The van der Waals surface area contributed by atoms with Crippen molar-refractivity contribution in [2.45, 2.75) is 32.0 Å². The summed E-state index contributed by atoms with van der Waals surface area (Å²) < 4.78 is 25.0. The third-order valence-corrected chi connectivity index (χ3v) is 4.94. The zero-order valence-electron chi connectivity index (χ0n) is 14.0. The van der Waals surface area contributed by atoms with E-state index in [9.17, 15) is 4.39 Å².